The van der Waals surface area contributed by atoms with E-state index in [4.69, 9.17) is 0 Å². The van der Waals surface area contributed by atoms with E-state index in [1.165, 1.54) is 4.68 Å². The summed E-state index contributed by atoms with van der Waals surface area (Å²) in [6, 6.07) is -0.570. The van der Waals surface area contributed by atoms with Gasteiger partial charge in [0.15, 0.2) is 5.69 Å². The van der Waals surface area contributed by atoms with E-state index in [2.05, 4.69) is 26.3 Å². The minimum atomic E-state index is -4.53. The predicted octanol–water partition coefficient (Wildman–Crippen LogP) is 3.38. The first kappa shape index (κ1) is 14.9. The number of nitrogens with one attached hydrogen (secondary N) is 1. The van der Waals surface area contributed by atoms with Crippen molar-refractivity contribution >= 4 is 21.8 Å². The molecule has 4 nitrogen and oxygen atoms in total. The van der Waals surface area contributed by atoms with Gasteiger partial charge in [-0.3, -0.25) is 9.48 Å². The molecule has 1 aromatic rings. The summed E-state index contributed by atoms with van der Waals surface area (Å²) in [7, 11) is 0. The fourth-order valence-corrected chi connectivity index (χ4v) is 3.10. The summed E-state index contributed by atoms with van der Waals surface area (Å²) in [5, 5.41) is 6.48. The fourth-order valence-electron chi connectivity index (χ4n) is 2.29. The van der Waals surface area contributed by atoms with Crippen molar-refractivity contribution in [3.63, 3.8) is 0 Å². The molecule has 0 radical (unpaired) electrons. The van der Waals surface area contributed by atoms with Crippen LogP contribution in [0.3, 0.4) is 0 Å². The Kier molecular flexibility index (Phi) is 3.54. The molecule has 0 aliphatic heterocycles. The zero-order chi connectivity index (χ0) is 15.4. The molecule has 3 rings (SSSR count). The van der Waals surface area contributed by atoms with E-state index < -0.39 is 17.9 Å². The first-order chi connectivity index (χ1) is 9.79. The van der Waals surface area contributed by atoms with Gasteiger partial charge < -0.3 is 5.32 Å². The summed E-state index contributed by atoms with van der Waals surface area (Å²) < 4.78 is 40.2. The molecule has 1 aromatic heterocycles. The highest BCUT2D eigenvalue weighted by Gasteiger charge is 2.43. The lowest BCUT2D eigenvalue weighted by Gasteiger charge is -2.15. The molecule has 2 aliphatic rings. The Morgan fingerprint density at radius 3 is 2.48 bits per heavy atom. The van der Waals surface area contributed by atoms with Crippen molar-refractivity contribution in [3.05, 3.63) is 15.9 Å². The second-order valence-electron chi connectivity index (χ2n) is 5.72. The smallest absolute Gasteiger partial charge is 0.352 e. The molecule has 2 aliphatic carbocycles. The SMILES string of the molecule is CC(C(=O)NC1CC1)n1nc(C(F)(F)F)c(Br)c1C1CC1. The van der Waals surface area contributed by atoms with Crippen molar-refractivity contribution in [1.82, 2.24) is 15.1 Å². The molecule has 2 saturated carbocycles. The zero-order valence-electron chi connectivity index (χ0n) is 11.4. The first-order valence-electron chi connectivity index (χ1n) is 6.94. The van der Waals surface area contributed by atoms with Crippen LogP contribution in [0.15, 0.2) is 4.47 Å². The van der Waals surface area contributed by atoms with E-state index in [9.17, 15) is 18.0 Å². The number of nitrogens with zero attached hydrogens (tertiary/aromatic N) is 2. The molecule has 1 heterocycles. The maximum absolute atomic E-state index is 13.0. The fraction of sp³-hybridized carbons (Fsp3) is 0.692. The molecule has 0 spiro atoms. The molecule has 1 unspecified atom stereocenters. The summed E-state index contributed by atoms with van der Waals surface area (Å²) in [6.07, 6.45) is -0.993. The monoisotopic (exact) mass is 365 g/mol. The third-order valence-electron chi connectivity index (χ3n) is 3.79. The third-order valence-corrected chi connectivity index (χ3v) is 4.57. The van der Waals surface area contributed by atoms with Crippen molar-refractivity contribution < 1.29 is 18.0 Å². The average Bonchev–Trinajstić information content (AvgIpc) is 3.28. The first-order valence-corrected chi connectivity index (χ1v) is 7.73. The zero-order valence-corrected chi connectivity index (χ0v) is 13.0. The van der Waals surface area contributed by atoms with Crippen molar-refractivity contribution in [3.8, 4) is 0 Å². The van der Waals surface area contributed by atoms with Crippen molar-refractivity contribution in [2.75, 3.05) is 0 Å². The highest BCUT2D eigenvalue weighted by Crippen LogP contribution is 2.47. The van der Waals surface area contributed by atoms with Gasteiger partial charge in [0.1, 0.15) is 6.04 Å². The molecule has 1 N–H and O–H groups in total. The minimum absolute atomic E-state index is 0.0245. The van der Waals surface area contributed by atoms with Crippen LogP contribution in [0.1, 0.15) is 56.0 Å². The number of rotatable bonds is 4. The van der Waals surface area contributed by atoms with E-state index in [1.54, 1.807) is 6.92 Å². The Morgan fingerprint density at radius 1 is 1.38 bits per heavy atom. The van der Waals surface area contributed by atoms with E-state index in [1.807, 2.05) is 0 Å². The van der Waals surface area contributed by atoms with Gasteiger partial charge in [-0.05, 0) is 48.5 Å². The summed E-state index contributed by atoms with van der Waals surface area (Å²) >= 11 is 3.02. The van der Waals surface area contributed by atoms with Gasteiger partial charge in [0.25, 0.3) is 0 Å². The van der Waals surface area contributed by atoms with Gasteiger partial charge in [0.05, 0.1) is 10.2 Å². The summed E-state index contributed by atoms with van der Waals surface area (Å²) in [4.78, 5) is 12.1. The molecule has 0 saturated heterocycles. The number of hydrogen-bond donors (Lipinski definition) is 1. The molecule has 0 aromatic carbocycles. The Hall–Kier alpha value is -1.05. The maximum atomic E-state index is 13.0. The number of hydrogen-bond acceptors (Lipinski definition) is 2. The van der Waals surface area contributed by atoms with Crippen LogP contribution in [-0.2, 0) is 11.0 Å². The molecule has 1 amide bonds. The Labute approximate surface area is 128 Å². The van der Waals surface area contributed by atoms with Gasteiger partial charge in [-0.15, -0.1) is 0 Å². The third kappa shape index (κ3) is 2.95. The number of carbonyl (C=O) groups excluding carboxylic acids is 1. The average molecular weight is 366 g/mol. The van der Waals surface area contributed by atoms with Gasteiger partial charge >= 0.3 is 6.18 Å². The molecule has 8 heteroatoms. The van der Waals surface area contributed by atoms with Crippen molar-refractivity contribution in [2.24, 2.45) is 0 Å². The van der Waals surface area contributed by atoms with Gasteiger partial charge in [-0.25, -0.2) is 0 Å². The van der Waals surface area contributed by atoms with Crippen LogP contribution >= 0.6 is 15.9 Å². The number of amides is 1. The number of carbonyl (C=O) groups is 1. The molecular weight excluding hydrogens is 351 g/mol. The standard InChI is InChI=1S/C13H15BrF3N3O/c1-6(12(21)18-8-4-5-8)20-10(7-2-3-7)9(14)11(19-20)13(15,16)17/h6-8H,2-5H2,1H3,(H,18,21). The lowest BCUT2D eigenvalue weighted by atomic mass is 10.2. The second-order valence-corrected chi connectivity index (χ2v) is 6.52. The van der Waals surface area contributed by atoms with Crippen LogP contribution in [0, 0.1) is 0 Å². The Balaban J connectivity index is 1.94. The van der Waals surface area contributed by atoms with E-state index in [0.717, 1.165) is 25.7 Å². The van der Waals surface area contributed by atoms with Crippen LogP contribution in [0.4, 0.5) is 13.2 Å². The molecule has 1 atom stereocenters. The van der Waals surface area contributed by atoms with E-state index >= 15 is 0 Å². The normalized spacial score (nSPS) is 20.4. The van der Waals surface area contributed by atoms with Gasteiger partial charge in [0.2, 0.25) is 5.91 Å². The van der Waals surface area contributed by atoms with Crippen LogP contribution in [0.2, 0.25) is 0 Å². The van der Waals surface area contributed by atoms with E-state index in [0.29, 0.717) is 5.69 Å². The number of alkyl halides is 3. The largest absolute Gasteiger partial charge is 0.436 e. The van der Waals surface area contributed by atoms with Crippen molar-refractivity contribution in [2.45, 2.75) is 56.8 Å². The summed E-state index contributed by atoms with van der Waals surface area (Å²) in [6.45, 7) is 1.59. The highest BCUT2D eigenvalue weighted by molar-refractivity contribution is 9.10. The Morgan fingerprint density at radius 2 is 2.00 bits per heavy atom. The van der Waals surface area contributed by atoms with Gasteiger partial charge in [-0.2, -0.15) is 18.3 Å². The highest BCUT2D eigenvalue weighted by atomic mass is 79.9. The number of aromatic nitrogens is 2. The van der Waals surface area contributed by atoms with E-state index in [-0.39, 0.29) is 22.3 Å². The van der Waals surface area contributed by atoms with Crippen LogP contribution in [0.25, 0.3) is 0 Å². The molecular formula is C13H15BrF3N3O. The minimum Gasteiger partial charge on any atom is -0.352 e. The summed E-state index contributed by atoms with van der Waals surface area (Å²) in [5.74, 6) is -0.220. The maximum Gasteiger partial charge on any atom is 0.436 e. The molecule has 2 fully saturated rings. The predicted molar refractivity (Wildman–Crippen MR) is 72.8 cm³/mol. The number of halogens is 4. The van der Waals surface area contributed by atoms with Crippen LogP contribution in [0.5, 0.6) is 0 Å². The summed E-state index contributed by atoms with van der Waals surface area (Å²) in [5.41, 5.74) is -0.462. The lowest BCUT2D eigenvalue weighted by Crippen LogP contribution is -2.33. The van der Waals surface area contributed by atoms with Crippen molar-refractivity contribution in [1.29, 1.82) is 0 Å². The molecule has 116 valence electrons. The van der Waals surface area contributed by atoms with Crippen LogP contribution < -0.4 is 5.32 Å². The lowest BCUT2D eigenvalue weighted by molar-refractivity contribution is -0.142. The molecule has 21 heavy (non-hydrogen) atoms. The molecule has 0 bridgehead atoms. The van der Waals surface area contributed by atoms with Gasteiger partial charge in [-0.1, -0.05) is 0 Å². The van der Waals surface area contributed by atoms with Gasteiger partial charge in [0, 0.05) is 12.0 Å². The topological polar surface area (TPSA) is 46.9 Å². The Bertz CT molecular complexity index is 576. The quantitative estimate of drug-likeness (QED) is 0.888. The second kappa shape index (κ2) is 5.00. The van der Waals surface area contributed by atoms with Crippen LogP contribution in [-0.4, -0.2) is 21.7 Å².